The Hall–Kier alpha value is -3.43. The summed E-state index contributed by atoms with van der Waals surface area (Å²) in [5.74, 6) is -1.20. The summed E-state index contributed by atoms with van der Waals surface area (Å²) < 4.78 is 23.2. The number of amides is 3. The number of benzene rings is 1. The number of hydrogen-bond acceptors (Lipinski definition) is 6. The minimum atomic E-state index is -0.510. The van der Waals surface area contributed by atoms with Crippen molar-refractivity contribution in [2.75, 3.05) is 26.2 Å². The second-order valence-electron chi connectivity index (χ2n) is 6.31. The first-order valence-electron chi connectivity index (χ1n) is 9.18. The summed E-state index contributed by atoms with van der Waals surface area (Å²) in [6.45, 7) is 2.95. The van der Waals surface area contributed by atoms with Gasteiger partial charge in [0, 0.05) is 26.2 Å². The van der Waals surface area contributed by atoms with Crippen molar-refractivity contribution in [3.63, 3.8) is 0 Å². The molecule has 0 atom stereocenters. The molecular weight excluding hydrogens is 383 g/mol. The highest BCUT2D eigenvalue weighted by Crippen LogP contribution is 2.20. The number of halogens is 1. The highest BCUT2D eigenvalue weighted by atomic mass is 19.1. The van der Waals surface area contributed by atoms with Crippen molar-refractivity contribution in [2.24, 2.45) is 4.99 Å². The van der Waals surface area contributed by atoms with Crippen LogP contribution in [0.15, 0.2) is 41.2 Å². The Morgan fingerprint density at radius 2 is 2.03 bits per heavy atom. The van der Waals surface area contributed by atoms with Gasteiger partial charge in [-0.3, -0.25) is 14.5 Å². The normalized spacial score (nSPS) is 15.7. The van der Waals surface area contributed by atoms with E-state index in [0.29, 0.717) is 13.1 Å². The summed E-state index contributed by atoms with van der Waals surface area (Å²) in [7, 11) is 0. The molecule has 1 N–H and O–H groups in total. The number of ether oxygens (including phenoxy) is 2. The lowest BCUT2D eigenvalue weighted by Crippen LogP contribution is -2.38. The van der Waals surface area contributed by atoms with E-state index in [4.69, 9.17) is 9.47 Å². The molecule has 0 radical (unpaired) electrons. The topological polar surface area (TPSA) is 101 Å². The summed E-state index contributed by atoms with van der Waals surface area (Å²) >= 11 is 0. The van der Waals surface area contributed by atoms with Crippen molar-refractivity contribution in [3.8, 4) is 0 Å². The Labute approximate surface area is 166 Å². The van der Waals surface area contributed by atoms with Crippen LogP contribution in [0.1, 0.15) is 18.9 Å². The van der Waals surface area contributed by atoms with Gasteiger partial charge in [0.05, 0.1) is 13.0 Å². The largest absolute Gasteiger partial charge is 0.466 e. The van der Waals surface area contributed by atoms with Crippen LogP contribution < -0.4 is 5.32 Å². The fourth-order valence-corrected chi connectivity index (χ4v) is 2.85. The van der Waals surface area contributed by atoms with Crippen molar-refractivity contribution < 1.29 is 28.2 Å². The van der Waals surface area contributed by atoms with E-state index in [1.807, 2.05) is 0 Å². The molecule has 0 saturated carbocycles. The fourth-order valence-electron chi connectivity index (χ4n) is 2.85. The van der Waals surface area contributed by atoms with Crippen molar-refractivity contribution in [2.45, 2.75) is 19.9 Å². The third-order valence-corrected chi connectivity index (χ3v) is 4.29. The maximum absolute atomic E-state index is 13.1. The second kappa shape index (κ2) is 9.18. The zero-order valence-corrected chi connectivity index (χ0v) is 15.9. The number of nitrogens with zero attached hydrogens (tertiary/aromatic N) is 3. The van der Waals surface area contributed by atoms with Crippen molar-refractivity contribution in [3.05, 3.63) is 47.6 Å². The molecule has 29 heavy (non-hydrogen) atoms. The average molecular weight is 404 g/mol. The molecule has 3 rings (SSSR count). The molecule has 10 heteroatoms. The minimum absolute atomic E-state index is 0.0205. The lowest BCUT2D eigenvalue weighted by Gasteiger charge is -2.21. The standard InChI is InChI=1S/C19H21FN4O5/c1-2-28-16(25)7-8-21-17(26)15-12-29-19-22-18(27)23(9-10-24(15)19)11-13-3-5-14(20)6-4-13/h3-6,12H,2,7-11H2,1H3,(H,21,26). The Morgan fingerprint density at radius 3 is 2.76 bits per heavy atom. The molecule has 154 valence electrons. The molecule has 0 unspecified atom stereocenters. The maximum atomic E-state index is 13.1. The van der Waals surface area contributed by atoms with Crippen LogP contribution >= 0.6 is 0 Å². The number of amidine groups is 1. The third-order valence-electron chi connectivity index (χ3n) is 4.29. The molecule has 1 aromatic rings. The molecule has 1 aromatic carbocycles. The predicted octanol–water partition coefficient (Wildman–Crippen LogP) is 1.36. The van der Waals surface area contributed by atoms with Gasteiger partial charge >= 0.3 is 18.0 Å². The zero-order chi connectivity index (χ0) is 20.8. The molecular formula is C19H21FN4O5. The van der Waals surface area contributed by atoms with Gasteiger partial charge in [-0.25, -0.2) is 9.18 Å². The molecule has 0 fully saturated rings. The number of nitrogens with one attached hydrogen (secondary N) is 1. The Morgan fingerprint density at radius 1 is 1.28 bits per heavy atom. The minimum Gasteiger partial charge on any atom is -0.466 e. The SMILES string of the molecule is CCOC(=O)CCNC(=O)C1=COC2=NC(=O)N(Cc3ccc(F)cc3)CCN12. The number of carbonyl (C=O) groups is 3. The van der Waals surface area contributed by atoms with Gasteiger partial charge in [-0.05, 0) is 24.6 Å². The summed E-state index contributed by atoms with van der Waals surface area (Å²) in [6.07, 6.45) is 1.28. The van der Waals surface area contributed by atoms with E-state index in [2.05, 4.69) is 10.3 Å². The summed E-state index contributed by atoms with van der Waals surface area (Å²) in [5.41, 5.74) is 0.958. The first-order chi connectivity index (χ1) is 14.0. The van der Waals surface area contributed by atoms with E-state index in [1.165, 1.54) is 28.2 Å². The van der Waals surface area contributed by atoms with Gasteiger partial charge in [-0.2, -0.15) is 0 Å². The summed E-state index contributed by atoms with van der Waals surface area (Å²) in [5, 5.41) is 2.62. The first-order valence-corrected chi connectivity index (χ1v) is 9.18. The average Bonchev–Trinajstić information content (AvgIpc) is 3.02. The van der Waals surface area contributed by atoms with E-state index in [1.54, 1.807) is 19.1 Å². The van der Waals surface area contributed by atoms with Crippen LogP contribution in [-0.4, -0.2) is 60.0 Å². The molecule has 0 spiro atoms. The van der Waals surface area contributed by atoms with Crippen LogP contribution in [0.3, 0.4) is 0 Å². The third kappa shape index (κ3) is 5.09. The van der Waals surface area contributed by atoms with Gasteiger partial charge < -0.3 is 19.7 Å². The Balaban J connectivity index is 1.58. The van der Waals surface area contributed by atoms with E-state index in [9.17, 15) is 18.8 Å². The fraction of sp³-hybridized carbons (Fsp3) is 0.368. The van der Waals surface area contributed by atoms with Gasteiger partial charge in [0.1, 0.15) is 17.8 Å². The van der Waals surface area contributed by atoms with E-state index in [0.717, 1.165) is 5.56 Å². The van der Waals surface area contributed by atoms with Gasteiger partial charge in [-0.1, -0.05) is 12.1 Å². The van der Waals surface area contributed by atoms with Crippen LogP contribution in [0.2, 0.25) is 0 Å². The molecule has 0 aromatic heterocycles. The second-order valence-corrected chi connectivity index (χ2v) is 6.31. The van der Waals surface area contributed by atoms with Crippen LogP contribution in [0.5, 0.6) is 0 Å². The lowest BCUT2D eigenvalue weighted by molar-refractivity contribution is -0.143. The smallest absolute Gasteiger partial charge is 0.348 e. The van der Waals surface area contributed by atoms with Crippen LogP contribution in [-0.2, 0) is 25.6 Å². The van der Waals surface area contributed by atoms with E-state index < -0.39 is 17.9 Å². The molecule has 0 saturated heterocycles. The molecule has 2 aliphatic heterocycles. The maximum Gasteiger partial charge on any atom is 0.348 e. The molecule has 9 nitrogen and oxygen atoms in total. The van der Waals surface area contributed by atoms with Gasteiger partial charge in [-0.15, -0.1) is 4.99 Å². The zero-order valence-electron chi connectivity index (χ0n) is 15.9. The Kier molecular flexibility index (Phi) is 6.43. The van der Waals surface area contributed by atoms with Gasteiger partial charge in [0.2, 0.25) is 0 Å². The predicted molar refractivity (Wildman–Crippen MR) is 99.8 cm³/mol. The summed E-state index contributed by atoms with van der Waals surface area (Å²) in [6, 6.07) is 5.36. The lowest BCUT2D eigenvalue weighted by atomic mass is 10.2. The number of esters is 1. The highest BCUT2D eigenvalue weighted by Gasteiger charge is 2.33. The van der Waals surface area contributed by atoms with Crippen molar-refractivity contribution in [1.82, 2.24) is 15.1 Å². The molecule has 3 amide bonds. The molecule has 2 aliphatic rings. The number of fused-ring (bicyclic) bond motifs is 1. The first kappa shape index (κ1) is 20.3. The van der Waals surface area contributed by atoms with Gasteiger partial charge in [0.15, 0.2) is 0 Å². The number of carbonyl (C=O) groups excluding carboxylic acids is 3. The molecule has 2 heterocycles. The summed E-state index contributed by atoms with van der Waals surface area (Å²) in [4.78, 5) is 43.1. The molecule has 0 aliphatic carbocycles. The Bertz CT molecular complexity index is 853. The molecule has 0 bridgehead atoms. The van der Waals surface area contributed by atoms with E-state index >= 15 is 0 Å². The quantitative estimate of drug-likeness (QED) is 0.689. The van der Waals surface area contributed by atoms with E-state index in [-0.39, 0.29) is 43.7 Å². The van der Waals surface area contributed by atoms with Crippen molar-refractivity contribution in [1.29, 1.82) is 0 Å². The van der Waals surface area contributed by atoms with Gasteiger partial charge in [0.25, 0.3) is 5.91 Å². The number of urea groups is 1. The van der Waals surface area contributed by atoms with Crippen LogP contribution in [0.25, 0.3) is 0 Å². The van der Waals surface area contributed by atoms with Crippen LogP contribution in [0.4, 0.5) is 9.18 Å². The number of hydrogen-bond donors (Lipinski definition) is 1. The monoisotopic (exact) mass is 404 g/mol. The highest BCUT2D eigenvalue weighted by molar-refractivity contribution is 6.01. The van der Waals surface area contributed by atoms with Crippen molar-refractivity contribution >= 4 is 23.9 Å². The van der Waals surface area contributed by atoms with Crippen LogP contribution in [0, 0.1) is 5.82 Å². The number of aliphatic imine (C=N–C) groups is 1. The number of rotatable bonds is 7.